The molecule has 0 N–H and O–H groups in total. The second-order valence-corrected chi connectivity index (χ2v) is 12.6. The molecule has 0 amide bonds. The van der Waals surface area contributed by atoms with Crippen LogP contribution in [0.5, 0.6) is 0 Å². The molecular formula is C42H64O8. The normalized spacial score (nSPS) is 10.5. The van der Waals surface area contributed by atoms with E-state index in [0.29, 0.717) is 37.6 Å². The summed E-state index contributed by atoms with van der Waals surface area (Å²) in [7, 11) is 0. The van der Waals surface area contributed by atoms with E-state index in [2.05, 4.69) is 13.8 Å². The molecule has 0 aliphatic rings. The molecule has 0 bridgehead atoms. The zero-order chi connectivity index (χ0) is 36.7. The van der Waals surface area contributed by atoms with Crippen molar-refractivity contribution >= 4 is 23.9 Å². The molecule has 0 saturated heterocycles. The molecule has 0 atom stereocenters. The molecule has 0 saturated carbocycles. The summed E-state index contributed by atoms with van der Waals surface area (Å²) in [5, 5.41) is 0. The fourth-order valence-electron chi connectivity index (χ4n) is 5.06. The minimum Gasteiger partial charge on any atom is -0.462 e. The third-order valence-corrected chi connectivity index (χ3v) is 8.16. The summed E-state index contributed by atoms with van der Waals surface area (Å²) in [6.07, 6.45) is 19.9. The summed E-state index contributed by atoms with van der Waals surface area (Å²) in [6.45, 7) is 10.00. The van der Waals surface area contributed by atoms with Gasteiger partial charge in [-0.3, -0.25) is 0 Å². The number of hydrogen-bond donors (Lipinski definition) is 0. The lowest BCUT2D eigenvalue weighted by Crippen LogP contribution is -2.15. The zero-order valence-corrected chi connectivity index (χ0v) is 31.4. The maximum Gasteiger partial charge on any atom is 0.339 e. The van der Waals surface area contributed by atoms with Crippen LogP contribution in [0, 0.1) is 0 Å². The Morgan fingerprint density at radius 3 is 0.820 bits per heavy atom. The highest BCUT2D eigenvalue weighted by Crippen LogP contribution is 2.15. The second kappa shape index (κ2) is 30.2. The van der Waals surface area contributed by atoms with E-state index in [1.165, 1.54) is 64.2 Å². The van der Waals surface area contributed by atoms with Crippen molar-refractivity contribution in [1.82, 2.24) is 0 Å². The van der Waals surface area contributed by atoms with Crippen molar-refractivity contribution in [1.29, 1.82) is 0 Å². The Balaban J connectivity index is 0.000000542. The van der Waals surface area contributed by atoms with Gasteiger partial charge in [0.15, 0.2) is 0 Å². The molecule has 0 aliphatic heterocycles. The molecule has 0 spiro atoms. The van der Waals surface area contributed by atoms with E-state index in [0.717, 1.165) is 51.4 Å². The van der Waals surface area contributed by atoms with Gasteiger partial charge in [-0.05, 0) is 49.9 Å². The maximum absolute atomic E-state index is 12.4. The molecular weight excluding hydrogens is 632 g/mol. The van der Waals surface area contributed by atoms with E-state index in [1.54, 1.807) is 48.5 Å². The highest BCUT2D eigenvalue weighted by molar-refractivity contribution is 6.03. The van der Waals surface area contributed by atoms with Crippen molar-refractivity contribution in [3.8, 4) is 0 Å². The van der Waals surface area contributed by atoms with Crippen molar-refractivity contribution < 1.29 is 38.1 Å². The molecule has 0 aromatic heterocycles. The molecule has 2 rings (SSSR count). The Morgan fingerprint density at radius 2 is 0.560 bits per heavy atom. The van der Waals surface area contributed by atoms with Gasteiger partial charge in [0, 0.05) is 0 Å². The lowest BCUT2D eigenvalue weighted by Gasteiger charge is -2.10. The largest absolute Gasteiger partial charge is 0.462 e. The number of rotatable bonds is 26. The highest BCUT2D eigenvalue weighted by Gasteiger charge is 2.20. The van der Waals surface area contributed by atoms with Crippen LogP contribution < -0.4 is 0 Å². The number of hydrogen-bond acceptors (Lipinski definition) is 8. The standard InChI is InChI=1S/C26H42O4.C16H22O4/c1-3-5-7-9-11-13-17-21-29-25(27)23-19-15-16-20-24(23)26(28)30-22-18-14-12-10-8-6-4-2;1-3-5-11-19-15(17)13-9-7-8-10-14(13)16(18)20-12-6-4-2/h15-16,19-20H,3-14,17-18,21-22H2,1-2H3;7-10H,3-6,11-12H2,1-2H3. The summed E-state index contributed by atoms with van der Waals surface area (Å²) < 4.78 is 21.1. The van der Waals surface area contributed by atoms with Crippen LogP contribution >= 0.6 is 0 Å². The Hall–Kier alpha value is -3.68. The number of esters is 4. The van der Waals surface area contributed by atoms with Crippen molar-refractivity contribution in [2.24, 2.45) is 0 Å². The number of benzene rings is 2. The first-order chi connectivity index (χ1) is 24.4. The Labute approximate surface area is 302 Å². The van der Waals surface area contributed by atoms with Crippen molar-refractivity contribution in [3.05, 3.63) is 70.8 Å². The predicted molar refractivity (Wildman–Crippen MR) is 200 cm³/mol. The lowest BCUT2D eigenvalue weighted by molar-refractivity contribution is 0.0450. The number of unbranched alkanes of at least 4 members (excludes halogenated alkanes) is 14. The van der Waals surface area contributed by atoms with Crippen LogP contribution in [0.1, 0.15) is 185 Å². The van der Waals surface area contributed by atoms with Crippen LogP contribution in [-0.4, -0.2) is 50.3 Å². The molecule has 8 heteroatoms. The summed E-state index contributed by atoms with van der Waals surface area (Å²) in [5.74, 6) is -1.82. The van der Waals surface area contributed by atoms with Crippen molar-refractivity contribution in [2.45, 2.75) is 143 Å². The second-order valence-electron chi connectivity index (χ2n) is 12.6. The first-order valence-electron chi connectivity index (χ1n) is 19.3. The van der Waals surface area contributed by atoms with Gasteiger partial charge in [0.25, 0.3) is 0 Å². The van der Waals surface area contributed by atoms with Crippen LogP contribution in [0.15, 0.2) is 48.5 Å². The minimum atomic E-state index is -0.471. The van der Waals surface area contributed by atoms with Crippen LogP contribution in [0.3, 0.4) is 0 Å². The van der Waals surface area contributed by atoms with E-state index in [1.807, 2.05) is 13.8 Å². The van der Waals surface area contributed by atoms with Gasteiger partial charge < -0.3 is 18.9 Å². The fraction of sp³-hybridized carbons (Fsp3) is 0.619. The summed E-state index contributed by atoms with van der Waals surface area (Å²) in [4.78, 5) is 48.7. The minimum absolute atomic E-state index is 0.269. The van der Waals surface area contributed by atoms with E-state index >= 15 is 0 Å². The Kier molecular flexibility index (Phi) is 26.8. The zero-order valence-electron chi connectivity index (χ0n) is 31.4. The van der Waals surface area contributed by atoms with Gasteiger partial charge in [-0.25, -0.2) is 19.2 Å². The van der Waals surface area contributed by atoms with Crippen LogP contribution in [0.4, 0.5) is 0 Å². The maximum atomic E-state index is 12.4. The average molecular weight is 697 g/mol. The molecule has 0 unspecified atom stereocenters. The monoisotopic (exact) mass is 696 g/mol. The smallest absolute Gasteiger partial charge is 0.339 e. The summed E-state index contributed by atoms with van der Waals surface area (Å²) in [5.41, 5.74) is 1.13. The number of ether oxygens (including phenoxy) is 4. The molecule has 0 heterocycles. The van der Waals surface area contributed by atoms with Gasteiger partial charge in [-0.2, -0.15) is 0 Å². The summed E-state index contributed by atoms with van der Waals surface area (Å²) >= 11 is 0. The van der Waals surface area contributed by atoms with Crippen LogP contribution in [0.25, 0.3) is 0 Å². The molecule has 8 nitrogen and oxygen atoms in total. The quantitative estimate of drug-likeness (QED) is 0.0543. The van der Waals surface area contributed by atoms with Gasteiger partial charge in [-0.1, -0.05) is 142 Å². The van der Waals surface area contributed by atoms with Crippen molar-refractivity contribution in [3.63, 3.8) is 0 Å². The fourth-order valence-corrected chi connectivity index (χ4v) is 5.06. The van der Waals surface area contributed by atoms with Gasteiger partial charge in [0.1, 0.15) is 0 Å². The molecule has 280 valence electrons. The molecule has 0 fully saturated rings. The number of carbonyl (C=O) groups is 4. The first-order valence-corrected chi connectivity index (χ1v) is 19.3. The van der Waals surface area contributed by atoms with Gasteiger partial charge in [0.05, 0.1) is 48.7 Å². The van der Waals surface area contributed by atoms with Crippen molar-refractivity contribution in [2.75, 3.05) is 26.4 Å². The lowest BCUT2D eigenvalue weighted by atomic mass is 10.1. The van der Waals surface area contributed by atoms with Gasteiger partial charge in [-0.15, -0.1) is 0 Å². The highest BCUT2D eigenvalue weighted by atomic mass is 16.5. The molecule has 2 aromatic rings. The van der Waals surface area contributed by atoms with Gasteiger partial charge in [0.2, 0.25) is 0 Å². The number of carbonyl (C=O) groups excluding carboxylic acids is 4. The van der Waals surface area contributed by atoms with Crippen LogP contribution in [0.2, 0.25) is 0 Å². The average Bonchev–Trinajstić information content (AvgIpc) is 3.14. The first kappa shape index (κ1) is 44.3. The third kappa shape index (κ3) is 20.1. The molecule has 50 heavy (non-hydrogen) atoms. The third-order valence-electron chi connectivity index (χ3n) is 8.16. The molecule has 0 aliphatic carbocycles. The van der Waals surface area contributed by atoms with E-state index in [4.69, 9.17) is 18.9 Å². The Bertz CT molecular complexity index is 1120. The molecule has 2 aromatic carbocycles. The van der Waals surface area contributed by atoms with Gasteiger partial charge >= 0.3 is 23.9 Å². The summed E-state index contributed by atoms with van der Waals surface area (Å²) in [6, 6.07) is 13.4. The Morgan fingerprint density at radius 1 is 0.340 bits per heavy atom. The van der Waals surface area contributed by atoms with E-state index in [-0.39, 0.29) is 11.1 Å². The predicted octanol–water partition coefficient (Wildman–Crippen LogP) is 11.1. The topological polar surface area (TPSA) is 105 Å². The van der Waals surface area contributed by atoms with Crippen LogP contribution in [-0.2, 0) is 18.9 Å². The molecule has 0 radical (unpaired) electrons. The van der Waals surface area contributed by atoms with E-state index < -0.39 is 23.9 Å². The van der Waals surface area contributed by atoms with E-state index in [9.17, 15) is 19.2 Å². The SMILES string of the molecule is CCCCCCCCCOC(=O)c1ccccc1C(=O)OCCCCCCCCC.CCCCOC(=O)c1ccccc1C(=O)OCCCC.